The minimum Gasteiger partial charge on any atom is -0.296 e. The van der Waals surface area contributed by atoms with Crippen molar-refractivity contribution in [3.63, 3.8) is 0 Å². The fourth-order valence-corrected chi connectivity index (χ4v) is 1.96. The lowest BCUT2D eigenvalue weighted by Crippen LogP contribution is -2.28. The molecule has 2 rings (SSSR count). The Morgan fingerprint density at radius 1 is 1.14 bits per heavy atom. The molecule has 0 amide bonds. The molecule has 0 heterocycles. The summed E-state index contributed by atoms with van der Waals surface area (Å²) in [5.41, 5.74) is 5.75. The summed E-state index contributed by atoms with van der Waals surface area (Å²) in [7, 11) is 0. The molecule has 0 aromatic heterocycles. The highest BCUT2D eigenvalue weighted by Gasteiger charge is 2.17. The molecular weight excluding hydrogens is 268 g/mol. The average molecular weight is 286 g/mol. The second kappa shape index (κ2) is 7.52. The van der Waals surface area contributed by atoms with Gasteiger partial charge < -0.3 is 0 Å². The summed E-state index contributed by atoms with van der Waals surface area (Å²) in [5.74, 6) is 0. The summed E-state index contributed by atoms with van der Waals surface area (Å²) in [6, 6.07) is 16.8. The zero-order chi connectivity index (χ0) is 15.1. The van der Waals surface area contributed by atoms with Crippen LogP contribution < -0.4 is 5.48 Å². The lowest BCUT2D eigenvalue weighted by atomic mass is 10.1. The third-order valence-corrected chi connectivity index (χ3v) is 3.12. The van der Waals surface area contributed by atoms with Gasteiger partial charge in [0.2, 0.25) is 6.54 Å². The number of nitrogens with one attached hydrogen (secondary N) is 1. The van der Waals surface area contributed by atoms with Gasteiger partial charge in [0.1, 0.15) is 6.04 Å². The zero-order valence-electron chi connectivity index (χ0n) is 11.9. The number of benzene rings is 2. The molecule has 0 saturated carbocycles. The maximum Gasteiger partial charge on any atom is 0.225 e. The van der Waals surface area contributed by atoms with Crippen LogP contribution in [-0.2, 0) is 11.4 Å². The normalized spacial score (nSPS) is 12.0. The van der Waals surface area contributed by atoms with Crippen molar-refractivity contribution < 1.29 is 9.76 Å². The smallest absolute Gasteiger partial charge is 0.225 e. The van der Waals surface area contributed by atoms with Crippen molar-refractivity contribution in [2.24, 2.45) is 0 Å². The van der Waals surface area contributed by atoms with Gasteiger partial charge >= 0.3 is 0 Å². The van der Waals surface area contributed by atoms with Crippen LogP contribution in [0.1, 0.15) is 22.7 Å². The SMILES string of the molecule is Cc1ccc([C@H](C[N+](=O)[O-])NOCc2ccccc2)cc1. The van der Waals surface area contributed by atoms with E-state index in [1.165, 1.54) is 0 Å². The Kier molecular flexibility index (Phi) is 5.43. The van der Waals surface area contributed by atoms with Crippen molar-refractivity contribution in [1.29, 1.82) is 0 Å². The first kappa shape index (κ1) is 15.2. The molecule has 0 aliphatic heterocycles. The van der Waals surface area contributed by atoms with Gasteiger partial charge in [0.05, 0.1) is 6.61 Å². The van der Waals surface area contributed by atoms with Crippen LogP contribution in [0, 0.1) is 17.0 Å². The van der Waals surface area contributed by atoms with Crippen molar-refractivity contribution in [2.75, 3.05) is 6.54 Å². The molecule has 0 unspecified atom stereocenters. The Morgan fingerprint density at radius 3 is 2.43 bits per heavy atom. The Hall–Kier alpha value is -2.24. The van der Waals surface area contributed by atoms with Gasteiger partial charge in [0.25, 0.3) is 0 Å². The number of hydrogen-bond donors (Lipinski definition) is 1. The lowest BCUT2D eigenvalue weighted by molar-refractivity contribution is -0.486. The van der Waals surface area contributed by atoms with E-state index in [0.29, 0.717) is 6.61 Å². The van der Waals surface area contributed by atoms with E-state index in [1.807, 2.05) is 61.5 Å². The highest BCUT2D eigenvalue weighted by atomic mass is 16.7. The van der Waals surface area contributed by atoms with Gasteiger partial charge in [-0.05, 0) is 18.1 Å². The standard InChI is InChI=1S/C16H18N2O3/c1-13-7-9-15(10-8-13)16(11-18(19)20)17-21-12-14-5-3-2-4-6-14/h2-10,16-17H,11-12H2,1H3/t16-/m0/s1. The van der Waals surface area contributed by atoms with E-state index in [1.54, 1.807) is 0 Å². The Bertz CT molecular complexity index is 570. The van der Waals surface area contributed by atoms with E-state index in [-0.39, 0.29) is 11.5 Å². The van der Waals surface area contributed by atoms with Crippen LogP contribution in [0.25, 0.3) is 0 Å². The number of rotatable bonds is 7. The predicted molar refractivity (Wildman–Crippen MR) is 80.1 cm³/mol. The summed E-state index contributed by atoms with van der Waals surface area (Å²) in [5, 5.41) is 10.8. The summed E-state index contributed by atoms with van der Waals surface area (Å²) in [6.45, 7) is 2.12. The van der Waals surface area contributed by atoms with Crippen LogP contribution in [0.4, 0.5) is 0 Å². The largest absolute Gasteiger partial charge is 0.296 e. The molecule has 0 aliphatic carbocycles. The second-order valence-corrected chi connectivity index (χ2v) is 4.87. The van der Waals surface area contributed by atoms with Gasteiger partial charge in [-0.3, -0.25) is 15.0 Å². The van der Waals surface area contributed by atoms with Crippen molar-refractivity contribution in [3.8, 4) is 0 Å². The molecule has 21 heavy (non-hydrogen) atoms. The quantitative estimate of drug-likeness (QED) is 0.627. The molecule has 0 radical (unpaired) electrons. The third kappa shape index (κ3) is 4.98. The number of hydroxylamine groups is 1. The van der Waals surface area contributed by atoms with Gasteiger partial charge in [0, 0.05) is 4.92 Å². The molecule has 5 heteroatoms. The maximum atomic E-state index is 10.8. The van der Waals surface area contributed by atoms with Gasteiger partial charge in [0.15, 0.2) is 0 Å². The second-order valence-electron chi connectivity index (χ2n) is 4.87. The lowest BCUT2D eigenvalue weighted by Gasteiger charge is -2.15. The molecule has 2 aromatic rings. The summed E-state index contributed by atoms with van der Waals surface area (Å²) in [6.07, 6.45) is 0. The summed E-state index contributed by atoms with van der Waals surface area (Å²) in [4.78, 5) is 15.9. The van der Waals surface area contributed by atoms with Crippen LogP contribution >= 0.6 is 0 Å². The summed E-state index contributed by atoms with van der Waals surface area (Å²) >= 11 is 0. The van der Waals surface area contributed by atoms with Crippen LogP contribution in [0.2, 0.25) is 0 Å². The van der Waals surface area contributed by atoms with Gasteiger partial charge in [-0.25, -0.2) is 0 Å². The van der Waals surface area contributed by atoms with E-state index < -0.39 is 6.04 Å². The van der Waals surface area contributed by atoms with Crippen molar-refractivity contribution >= 4 is 0 Å². The fourth-order valence-electron chi connectivity index (χ4n) is 1.96. The molecule has 1 atom stereocenters. The Morgan fingerprint density at radius 2 is 1.81 bits per heavy atom. The number of aryl methyl sites for hydroxylation is 1. The fraction of sp³-hybridized carbons (Fsp3) is 0.250. The monoisotopic (exact) mass is 286 g/mol. The van der Waals surface area contributed by atoms with Crippen LogP contribution in [-0.4, -0.2) is 11.5 Å². The molecule has 5 nitrogen and oxygen atoms in total. The van der Waals surface area contributed by atoms with Crippen LogP contribution in [0.15, 0.2) is 54.6 Å². The van der Waals surface area contributed by atoms with E-state index in [2.05, 4.69) is 5.48 Å². The Balaban J connectivity index is 1.96. The highest BCUT2D eigenvalue weighted by Crippen LogP contribution is 2.14. The minimum atomic E-state index is -0.468. The van der Waals surface area contributed by atoms with E-state index in [4.69, 9.17) is 4.84 Å². The van der Waals surface area contributed by atoms with E-state index in [9.17, 15) is 10.1 Å². The van der Waals surface area contributed by atoms with Gasteiger partial charge in [-0.15, -0.1) is 0 Å². The molecule has 0 saturated heterocycles. The first-order valence-corrected chi connectivity index (χ1v) is 6.75. The molecular formula is C16H18N2O3. The van der Waals surface area contributed by atoms with Gasteiger partial charge in [-0.1, -0.05) is 60.2 Å². The zero-order valence-corrected chi connectivity index (χ0v) is 11.9. The highest BCUT2D eigenvalue weighted by molar-refractivity contribution is 5.24. The molecule has 110 valence electrons. The third-order valence-electron chi connectivity index (χ3n) is 3.12. The number of nitrogens with zero attached hydrogens (tertiary/aromatic N) is 1. The molecule has 1 N–H and O–H groups in total. The Labute approximate surface area is 123 Å². The van der Waals surface area contributed by atoms with Gasteiger partial charge in [-0.2, -0.15) is 5.48 Å². The molecule has 2 aromatic carbocycles. The molecule has 0 spiro atoms. The maximum absolute atomic E-state index is 10.8. The first-order valence-electron chi connectivity index (χ1n) is 6.75. The topological polar surface area (TPSA) is 64.4 Å². The van der Waals surface area contributed by atoms with E-state index in [0.717, 1.165) is 16.7 Å². The van der Waals surface area contributed by atoms with E-state index >= 15 is 0 Å². The van der Waals surface area contributed by atoms with Crippen LogP contribution in [0.5, 0.6) is 0 Å². The average Bonchev–Trinajstić information content (AvgIpc) is 2.48. The predicted octanol–water partition coefficient (Wildman–Crippen LogP) is 3.03. The minimum absolute atomic E-state index is 0.224. The van der Waals surface area contributed by atoms with Crippen molar-refractivity contribution in [2.45, 2.75) is 19.6 Å². The van der Waals surface area contributed by atoms with Crippen molar-refractivity contribution in [3.05, 3.63) is 81.4 Å². The number of nitro groups is 1. The molecule has 0 bridgehead atoms. The van der Waals surface area contributed by atoms with Crippen molar-refractivity contribution in [1.82, 2.24) is 5.48 Å². The molecule has 0 fully saturated rings. The summed E-state index contributed by atoms with van der Waals surface area (Å²) < 4.78 is 0. The molecule has 0 aliphatic rings. The first-order chi connectivity index (χ1) is 10.1. The van der Waals surface area contributed by atoms with Crippen LogP contribution in [0.3, 0.4) is 0 Å². The number of hydrogen-bond acceptors (Lipinski definition) is 4.